The van der Waals surface area contributed by atoms with Crippen molar-refractivity contribution in [2.45, 2.75) is 71.8 Å². The minimum Gasteiger partial charge on any atom is -0.497 e. The average molecular weight is 515 g/mol. The fraction of sp³-hybridized carbons (Fsp3) is 0.531. The first-order valence-corrected chi connectivity index (χ1v) is 14.0. The largest absolute Gasteiger partial charge is 0.497 e. The van der Waals surface area contributed by atoms with Crippen LogP contribution in [0.3, 0.4) is 0 Å². The van der Waals surface area contributed by atoms with Crippen molar-refractivity contribution in [2.75, 3.05) is 7.11 Å². The van der Waals surface area contributed by atoms with E-state index in [0.717, 1.165) is 61.9 Å². The number of allylic oxidation sites excluding steroid dienone is 3. The van der Waals surface area contributed by atoms with E-state index in [1.807, 2.05) is 35.1 Å². The summed E-state index contributed by atoms with van der Waals surface area (Å²) in [7, 11) is 1.65. The van der Waals surface area contributed by atoms with Gasteiger partial charge < -0.3 is 9.47 Å². The lowest BCUT2D eigenvalue weighted by Gasteiger charge is -2.57. The average Bonchev–Trinajstić information content (AvgIpc) is 3.49. The topological polar surface area (TPSA) is 70.4 Å². The van der Waals surface area contributed by atoms with Crippen molar-refractivity contribution in [1.29, 1.82) is 0 Å². The second kappa shape index (κ2) is 9.25. The van der Waals surface area contributed by atoms with Crippen LogP contribution in [0.15, 0.2) is 48.2 Å². The van der Waals surface area contributed by atoms with E-state index in [0.29, 0.717) is 23.3 Å². The van der Waals surface area contributed by atoms with Gasteiger partial charge in [0.15, 0.2) is 6.29 Å². The molecule has 200 valence electrons. The van der Waals surface area contributed by atoms with Crippen LogP contribution >= 0.6 is 0 Å². The molecule has 2 saturated carbocycles. The predicted octanol–water partition coefficient (Wildman–Crippen LogP) is 6.58. The summed E-state index contributed by atoms with van der Waals surface area (Å²) in [6.07, 6.45) is 15.0. The Morgan fingerprint density at radius 1 is 1.05 bits per heavy atom. The van der Waals surface area contributed by atoms with E-state index in [-0.39, 0.29) is 22.9 Å². The molecule has 0 unspecified atom stereocenters. The van der Waals surface area contributed by atoms with E-state index >= 15 is 0 Å². The molecule has 6 heteroatoms. The highest BCUT2D eigenvalue weighted by Crippen LogP contribution is 2.66. The Hall–Kier alpha value is -3.15. The molecule has 6 nitrogen and oxygen atoms in total. The molecule has 0 amide bonds. The Kier molecular flexibility index (Phi) is 6.12. The van der Waals surface area contributed by atoms with Crippen molar-refractivity contribution in [2.24, 2.45) is 28.6 Å². The highest BCUT2D eigenvalue weighted by Gasteiger charge is 2.57. The van der Waals surface area contributed by atoms with Crippen LogP contribution in [-0.4, -0.2) is 35.2 Å². The number of hydrogen-bond acceptors (Lipinski definition) is 5. The molecule has 0 aliphatic heterocycles. The molecule has 0 saturated heterocycles. The van der Waals surface area contributed by atoms with Crippen LogP contribution in [0.1, 0.15) is 81.8 Å². The second-order valence-electron chi connectivity index (χ2n) is 12.2. The number of benzene rings is 1. The number of methoxy groups -OCH3 is 1. The van der Waals surface area contributed by atoms with Gasteiger partial charge in [-0.2, -0.15) is 5.10 Å². The highest BCUT2D eigenvalue weighted by atomic mass is 16.5. The lowest BCUT2D eigenvalue weighted by molar-refractivity contribution is -0.148. The number of aromatic nitrogens is 2. The quantitative estimate of drug-likeness (QED) is 0.256. The fourth-order valence-corrected chi connectivity index (χ4v) is 8.45. The fourth-order valence-electron chi connectivity index (χ4n) is 8.45. The Labute approximate surface area is 225 Å². The van der Waals surface area contributed by atoms with Gasteiger partial charge in [-0.1, -0.05) is 31.6 Å². The molecule has 4 aliphatic carbocycles. The number of rotatable bonds is 5. The van der Waals surface area contributed by atoms with E-state index in [1.54, 1.807) is 7.11 Å². The van der Waals surface area contributed by atoms with Crippen LogP contribution in [0.5, 0.6) is 5.75 Å². The van der Waals surface area contributed by atoms with Crippen LogP contribution in [0.25, 0.3) is 11.3 Å². The minimum atomic E-state index is -0.171. The summed E-state index contributed by atoms with van der Waals surface area (Å²) >= 11 is 0. The van der Waals surface area contributed by atoms with Crippen LogP contribution in [0, 0.1) is 28.6 Å². The van der Waals surface area contributed by atoms with Crippen molar-refractivity contribution in [3.63, 3.8) is 0 Å². The summed E-state index contributed by atoms with van der Waals surface area (Å²) in [5.74, 6) is 2.43. The molecular formula is C32H38N2O4. The zero-order valence-electron chi connectivity index (χ0n) is 22.9. The predicted molar refractivity (Wildman–Crippen MR) is 146 cm³/mol. The van der Waals surface area contributed by atoms with Gasteiger partial charge in [0.1, 0.15) is 11.9 Å². The van der Waals surface area contributed by atoms with Gasteiger partial charge in [0.2, 0.25) is 0 Å². The van der Waals surface area contributed by atoms with E-state index in [2.05, 4.69) is 26.0 Å². The van der Waals surface area contributed by atoms with E-state index < -0.39 is 0 Å². The molecule has 1 aromatic carbocycles. The molecule has 0 bridgehead atoms. The lowest BCUT2D eigenvalue weighted by atomic mass is 9.47. The van der Waals surface area contributed by atoms with Crippen LogP contribution < -0.4 is 4.74 Å². The first-order chi connectivity index (χ1) is 18.3. The summed E-state index contributed by atoms with van der Waals surface area (Å²) < 4.78 is 12.7. The van der Waals surface area contributed by atoms with Gasteiger partial charge in [0, 0.05) is 19.5 Å². The maximum absolute atomic E-state index is 12.2. The first kappa shape index (κ1) is 25.1. The third-order valence-corrected chi connectivity index (χ3v) is 10.4. The number of carbonyl (C=O) groups excluding carboxylic acids is 2. The molecule has 0 radical (unpaired) electrons. The Morgan fingerprint density at radius 3 is 2.53 bits per heavy atom. The number of esters is 1. The van der Waals surface area contributed by atoms with E-state index in [4.69, 9.17) is 14.6 Å². The number of nitrogens with zero attached hydrogens (tertiary/aromatic N) is 2. The van der Waals surface area contributed by atoms with Gasteiger partial charge >= 0.3 is 5.97 Å². The van der Waals surface area contributed by atoms with Gasteiger partial charge in [-0.05, 0) is 96.9 Å². The third kappa shape index (κ3) is 3.87. The molecule has 2 fully saturated rings. The first-order valence-electron chi connectivity index (χ1n) is 14.0. The SMILES string of the molecule is COc1ccc(-n2cc(C=O)c(C3=CC[C@H]4[C@@H]5CC=C6C[C@@H](OC(C)=O)CC[C@]6(C)[C@H]5CC[C@]34C)n2)cc1. The zero-order valence-corrected chi connectivity index (χ0v) is 22.9. The Balaban J connectivity index is 1.27. The van der Waals surface area contributed by atoms with Gasteiger partial charge in [0.05, 0.1) is 24.1 Å². The maximum Gasteiger partial charge on any atom is 0.302 e. The molecule has 2 aromatic rings. The summed E-state index contributed by atoms with van der Waals surface area (Å²) in [5.41, 5.74) is 5.34. The van der Waals surface area contributed by atoms with Crippen molar-refractivity contribution >= 4 is 17.8 Å². The molecule has 6 rings (SSSR count). The molecule has 0 N–H and O–H groups in total. The van der Waals surface area contributed by atoms with Crippen molar-refractivity contribution in [3.05, 3.63) is 59.4 Å². The minimum absolute atomic E-state index is 0.00860. The summed E-state index contributed by atoms with van der Waals surface area (Å²) in [5, 5.41) is 4.96. The summed E-state index contributed by atoms with van der Waals surface area (Å²) in [4.78, 5) is 23.7. The van der Waals surface area contributed by atoms with Gasteiger partial charge in [-0.3, -0.25) is 9.59 Å². The van der Waals surface area contributed by atoms with Gasteiger partial charge in [0.25, 0.3) is 0 Å². The van der Waals surface area contributed by atoms with E-state index in [1.165, 1.54) is 24.5 Å². The van der Waals surface area contributed by atoms with Crippen LogP contribution in [0.2, 0.25) is 0 Å². The molecule has 0 spiro atoms. The summed E-state index contributed by atoms with van der Waals surface area (Å²) in [6.45, 7) is 6.39. The van der Waals surface area contributed by atoms with Gasteiger partial charge in [-0.25, -0.2) is 4.68 Å². The Bertz CT molecular complexity index is 1320. The number of ether oxygens (including phenoxy) is 2. The van der Waals surface area contributed by atoms with Crippen molar-refractivity contribution in [1.82, 2.24) is 9.78 Å². The molecule has 1 heterocycles. The van der Waals surface area contributed by atoms with Crippen molar-refractivity contribution < 1.29 is 19.1 Å². The standard InChI is InChI=1S/C32H38N2O4/c1-20(36)38-25-13-15-31(2)22(17-25)5-10-26-27-11-12-29(32(27,3)16-14-28(26)31)30-21(19-35)18-34(33-30)23-6-8-24(37-4)9-7-23/h5-9,12,18-19,25-28H,10-11,13-17H2,1-4H3/t25-,26-,27-,28-,31-,32-/m0/s1. The molecule has 4 aliphatic rings. The van der Waals surface area contributed by atoms with E-state index in [9.17, 15) is 9.59 Å². The molecule has 38 heavy (non-hydrogen) atoms. The molecular weight excluding hydrogens is 476 g/mol. The van der Waals surface area contributed by atoms with Gasteiger partial charge in [-0.15, -0.1) is 0 Å². The molecule has 1 aromatic heterocycles. The lowest BCUT2D eigenvalue weighted by Crippen LogP contribution is -2.50. The normalized spacial score (nSPS) is 33.8. The number of fused-ring (bicyclic) bond motifs is 5. The monoisotopic (exact) mass is 514 g/mol. The van der Waals surface area contributed by atoms with Crippen LogP contribution in [-0.2, 0) is 9.53 Å². The maximum atomic E-state index is 12.2. The highest BCUT2D eigenvalue weighted by molar-refractivity contribution is 5.86. The third-order valence-electron chi connectivity index (χ3n) is 10.4. The molecule has 6 atom stereocenters. The smallest absolute Gasteiger partial charge is 0.302 e. The number of carbonyl (C=O) groups is 2. The second-order valence-corrected chi connectivity index (χ2v) is 12.2. The number of hydrogen-bond donors (Lipinski definition) is 0. The van der Waals surface area contributed by atoms with Crippen LogP contribution in [0.4, 0.5) is 0 Å². The summed E-state index contributed by atoms with van der Waals surface area (Å²) in [6, 6.07) is 7.75. The zero-order chi connectivity index (χ0) is 26.7. The van der Waals surface area contributed by atoms with Crippen molar-refractivity contribution in [3.8, 4) is 11.4 Å². The number of aldehydes is 1. The Morgan fingerprint density at radius 2 is 1.82 bits per heavy atom.